The van der Waals surface area contributed by atoms with Crippen LogP contribution >= 0.6 is 11.6 Å². The lowest BCUT2D eigenvalue weighted by Crippen LogP contribution is -2.31. The van der Waals surface area contributed by atoms with Gasteiger partial charge in [0.1, 0.15) is 5.82 Å². The molecule has 0 saturated heterocycles. The summed E-state index contributed by atoms with van der Waals surface area (Å²) in [5.74, 6) is 0.738. The van der Waals surface area contributed by atoms with Crippen molar-refractivity contribution in [2.24, 2.45) is 0 Å². The molecule has 25 heavy (non-hydrogen) atoms. The normalized spacial score (nSPS) is 12.4. The molecular weight excluding hydrogens is 334 g/mol. The van der Waals surface area contributed by atoms with E-state index in [1.165, 1.54) is 0 Å². The lowest BCUT2D eigenvalue weighted by molar-refractivity contribution is 0.484. The van der Waals surface area contributed by atoms with E-state index in [1.807, 2.05) is 36.4 Å². The van der Waals surface area contributed by atoms with Crippen LogP contribution in [0.2, 0.25) is 5.02 Å². The first-order valence-corrected chi connectivity index (χ1v) is 9.04. The van der Waals surface area contributed by atoms with Gasteiger partial charge in [-0.3, -0.25) is 9.36 Å². The summed E-state index contributed by atoms with van der Waals surface area (Å²) in [6.07, 6.45) is 1.87. The molecular formula is C20H22ClN3O. The molecule has 0 radical (unpaired) electrons. The van der Waals surface area contributed by atoms with E-state index in [1.54, 1.807) is 16.7 Å². The topological polar surface area (TPSA) is 46.9 Å². The van der Waals surface area contributed by atoms with Gasteiger partial charge in [0.05, 0.1) is 22.6 Å². The van der Waals surface area contributed by atoms with E-state index in [-0.39, 0.29) is 11.6 Å². The predicted molar refractivity (Wildman–Crippen MR) is 104 cm³/mol. The molecule has 1 heterocycles. The maximum absolute atomic E-state index is 13.2. The first-order chi connectivity index (χ1) is 12.2. The van der Waals surface area contributed by atoms with E-state index in [4.69, 9.17) is 16.6 Å². The molecule has 1 aromatic heterocycles. The SMILES string of the molecule is CCCNC(CC)c1nc2ccccc2c(=O)n1-c1ccc(Cl)cc1. The molecule has 0 bridgehead atoms. The molecule has 1 atom stereocenters. The largest absolute Gasteiger partial charge is 0.307 e. The monoisotopic (exact) mass is 355 g/mol. The minimum atomic E-state index is -0.0559. The molecule has 0 aliphatic carbocycles. The van der Waals surface area contributed by atoms with E-state index in [2.05, 4.69) is 19.2 Å². The Morgan fingerprint density at radius 2 is 1.84 bits per heavy atom. The van der Waals surface area contributed by atoms with Crippen LogP contribution in [0.25, 0.3) is 16.6 Å². The van der Waals surface area contributed by atoms with Crippen LogP contribution in [-0.4, -0.2) is 16.1 Å². The Morgan fingerprint density at radius 1 is 1.12 bits per heavy atom. The number of fused-ring (bicyclic) bond motifs is 1. The molecule has 1 unspecified atom stereocenters. The second kappa shape index (κ2) is 7.81. The number of para-hydroxylation sites is 1. The lowest BCUT2D eigenvalue weighted by atomic mass is 10.1. The highest BCUT2D eigenvalue weighted by Crippen LogP contribution is 2.21. The van der Waals surface area contributed by atoms with E-state index in [0.29, 0.717) is 10.4 Å². The molecule has 3 rings (SSSR count). The molecule has 0 aliphatic rings. The van der Waals surface area contributed by atoms with E-state index >= 15 is 0 Å². The second-order valence-corrected chi connectivity index (χ2v) is 6.46. The van der Waals surface area contributed by atoms with Gasteiger partial charge in [0.2, 0.25) is 0 Å². The van der Waals surface area contributed by atoms with Crippen LogP contribution < -0.4 is 10.9 Å². The summed E-state index contributed by atoms with van der Waals surface area (Å²) in [6, 6.07) is 14.8. The van der Waals surface area contributed by atoms with Gasteiger partial charge in [0.15, 0.2) is 0 Å². The summed E-state index contributed by atoms with van der Waals surface area (Å²) in [4.78, 5) is 18.0. The highest BCUT2D eigenvalue weighted by molar-refractivity contribution is 6.30. The fourth-order valence-corrected chi connectivity index (χ4v) is 3.09. The highest BCUT2D eigenvalue weighted by Gasteiger charge is 2.19. The van der Waals surface area contributed by atoms with Gasteiger partial charge in [-0.1, -0.05) is 37.6 Å². The van der Waals surface area contributed by atoms with Crippen molar-refractivity contribution in [2.45, 2.75) is 32.7 Å². The summed E-state index contributed by atoms with van der Waals surface area (Å²) in [6.45, 7) is 5.10. The summed E-state index contributed by atoms with van der Waals surface area (Å²) >= 11 is 6.02. The van der Waals surface area contributed by atoms with Gasteiger partial charge < -0.3 is 5.32 Å². The third-order valence-corrected chi connectivity index (χ3v) is 4.50. The van der Waals surface area contributed by atoms with Gasteiger partial charge in [-0.2, -0.15) is 0 Å². The molecule has 2 aromatic carbocycles. The summed E-state index contributed by atoms with van der Waals surface area (Å²) < 4.78 is 1.70. The molecule has 0 fully saturated rings. The van der Waals surface area contributed by atoms with Crippen LogP contribution in [0.3, 0.4) is 0 Å². The van der Waals surface area contributed by atoms with Gasteiger partial charge >= 0.3 is 0 Å². The van der Waals surface area contributed by atoms with Crippen molar-refractivity contribution in [3.63, 3.8) is 0 Å². The van der Waals surface area contributed by atoms with Crippen molar-refractivity contribution in [3.8, 4) is 5.69 Å². The minimum absolute atomic E-state index is 0.00735. The third kappa shape index (κ3) is 3.60. The molecule has 0 spiro atoms. The molecule has 1 N–H and O–H groups in total. The minimum Gasteiger partial charge on any atom is -0.307 e. The fourth-order valence-electron chi connectivity index (χ4n) is 2.96. The van der Waals surface area contributed by atoms with Crippen molar-refractivity contribution >= 4 is 22.5 Å². The van der Waals surface area contributed by atoms with Crippen molar-refractivity contribution in [2.75, 3.05) is 6.54 Å². The maximum atomic E-state index is 13.2. The molecule has 0 aliphatic heterocycles. The second-order valence-electron chi connectivity index (χ2n) is 6.02. The van der Waals surface area contributed by atoms with Gasteiger partial charge in [0, 0.05) is 5.02 Å². The number of aromatic nitrogens is 2. The highest BCUT2D eigenvalue weighted by atomic mass is 35.5. The van der Waals surface area contributed by atoms with Crippen LogP contribution in [0, 0.1) is 0 Å². The number of hydrogen-bond acceptors (Lipinski definition) is 3. The zero-order valence-electron chi connectivity index (χ0n) is 14.5. The Labute approximate surface area is 152 Å². The smallest absolute Gasteiger partial charge is 0.266 e. The lowest BCUT2D eigenvalue weighted by Gasteiger charge is -2.21. The first-order valence-electron chi connectivity index (χ1n) is 8.66. The molecule has 5 heteroatoms. The molecule has 3 aromatic rings. The van der Waals surface area contributed by atoms with Gasteiger partial charge in [0.25, 0.3) is 5.56 Å². The number of nitrogens with one attached hydrogen (secondary N) is 1. The van der Waals surface area contributed by atoms with Crippen molar-refractivity contribution < 1.29 is 0 Å². The summed E-state index contributed by atoms with van der Waals surface area (Å²) in [5, 5.41) is 4.76. The quantitative estimate of drug-likeness (QED) is 0.708. The Hall–Kier alpha value is -2.17. The Kier molecular flexibility index (Phi) is 5.51. The number of nitrogens with zero attached hydrogens (tertiary/aromatic N) is 2. The third-order valence-electron chi connectivity index (χ3n) is 4.25. The van der Waals surface area contributed by atoms with Crippen LogP contribution in [0.4, 0.5) is 0 Å². The molecule has 0 amide bonds. The Morgan fingerprint density at radius 3 is 2.52 bits per heavy atom. The standard InChI is InChI=1S/C20H22ClN3O/c1-3-13-22-17(4-2)19-23-18-8-6-5-7-16(18)20(25)24(19)15-11-9-14(21)10-12-15/h5-12,17,22H,3-4,13H2,1-2H3. The van der Waals surface area contributed by atoms with E-state index < -0.39 is 0 Å². The first kappa shape index (κ1) is 17.6. The Bertz CT molecular complexity index is 918. The van der Waals surface area contributed by atoms with E-state index in [0.717, 1.165) is 36.4 Å². The van der Waals surface area contributed by atoms with Gasteiger partial charge in [-0.05, 0) is 55.8 Å². The fraction of sp³-hybridized carbons (Fsp3) is 0.300. The Balaban J connectivity index is 2.27. The zero-order chi connectivity index (χ0) is 17.8. The van der Waals surface area contributed by atoms with Crippen LogP contribution in [0.15, 0.2) is 53.3 Å². The molecule has 130 valence electrons. The number of halogens is 1. The van der Waals surface area contributed by atoms with Gasteiger partial charge in [-0.15, -0.1) is 0 Å². The maximum Gasteiger partial charge on any atom is 0.266 e. The average molecular weight is 356 g/mol. The molecule has 4 nitrogen and oxygen atoms in total. The zero-order valence-corrected chi connectivity index (χ0v) is 15.3. The van der Waals surface area contributed by atoms with Crippen LogP contribution in [0.5, 0.6) is 0 Å². The van der Waals surface area contributed by atoms with Crippen molar-refractivity contribution in [3.05, 3.63) is 69.7 Å². The average Bonchev–Trinajstić information content (AvgIpc) is 2.64. The number of benzene rings is 2. The predicted octanol–water partition coefficient (Wildman–Crippen LogP) is 4.49. The number of rotatable bonds is 6. The summed E-state index contributed by atoms with van der Waals surface area (Å²) in [7, 11) is 0. The molecule has 0 saturated carbocycles. The van der Waals surface area contributed by atoms with Crippen LogP contribution in [0.1, 0.15) is 38.6 Å². The van der Waals surface area contributed by atoms with Crippen molar-refractivity contribution in [1.29, 1.82) is 0 Å². The van der Waals surface area contributed by atoms with Crippen molar-refractivity contribution in [1.82, 2.24) is 14.9 Å². The van der Waals surface area contributed by atoms with Crippen LogP contribution in [-0.2, 0) is 0 Å². The summed E-state index contributed by atoms with van der Waals surface area (Å²) in [5.41, 5.74) is 1.45. The van der Waals surface area contributed by atoms with Gasteiger partial charge in [-0.25, -0.2) is 4.98 Å². The van der Waals surface area contributed by atoms with E-state index in [9.17, 15) is 4.79 Å². The number of hydrogen-bond donors (Lipinski definition) is 1.